The maximum atomic E-state index is 5.90. The summed E-state index contributed by atoms with van der Waals surface area (Å²) < 4.78 is 2.05. The number of hydrogen-bond donors (Lipinski definition) is 2. The fourth-order valence-electron chi connectivity index (χ4n) is 3.25. The van der Waals surface area contributed by atoms with Gasteiger partial charge in [0.25, 0.3) is 0 Å². The third kappa shape index (κ3) is 5.22. The summed E-state index contributed by atoms with van der Waals surface area (Å²) in [6.45, 7) is 5.89. The molecule has 146 valence electrons. The molecule has 4 N–H and O–H groups in total. The number of halogens is 2. The lowest BCUT2D eigenvalue weighted by molar-refractivity contribution is 0.345. The number of hydrogen-bond acceptors (Lipinski definition) is 6. The highest BCUT2D eigenvalue weighted by molar-refractivity contribution is 5.85. The standard InChI is InChI=1S/C17H27N7.2ClH/c1-11-7-12(2)24(22-11)6-4-5-23(3)16-10-15(20-17(19)21-16)13-8-14(18)9-13;;/h7,10,13-14H,4-6,8-9,18H2,1-3H3,(H2,19,20,21);2*1H. The maximum absolute atomic E-state index is 5.90. The first-order valence-electron chi connectivity index (χ1n) is 8.54. The van der Waals surface area contributed by atoms with E-state index in [-0.39, 0.29) is 24.8 Å². The van der Waals surface area contributed by atoms with Crippen molar-refractivity contribution in [3.05, 3.63) is 29.2 Å². The third-order valence-electron chi connectivity index (χ3n) is 4.70. The minimum absolute atomic E-state index is 0. The van der Waals surface area contributed by atoms with E-state index in [1.807, 2.05) is 14.0 Å². The summed E-state index contributed by atoms with van der Waals surface area (Å²) in [5, 5.41) is 4.50. The van der Waals surface area contributed by atoms with Crippen molar-refractivity contribution in [2.24, 2.45) is 5.73 Å². The van der Waals surface area contributed by atoms with Crippen molar-refractivity contribution in [2.45, 2.75) is 51.6 Å². The van der Waals surface area contributed by atoms with E-state index >= 15 is 0 Å². The lowest BCUT2D eigenvalue weighted by atomic mass is 9.78. The Hall–Kier alpha value is -1.57. The molecule has 0 aromatic carbocycles. The molecule has 0 spiro atoms. The molecule has 2 heterocycles. The van der Waals surface area contributed by atoms with Crippen LogP contribution < -0.4 is 16.4 Å². The highest BCUT2D eigenvalue weighted by Crippen LogP contribution is 2.35. The zero-order chi connectivity index (χ0) is 17.3. The van der Waals surface area contributed by atoms with E-state index in [1.165, 1.54) is 5.69 Å². The van der Waals surface area contributed by atoms with E-state index in [9.17, 15) is 0 Å². The Labute approximate surface area is 167 Å². The Balaban J connectivity index is 0.00000169. The third-order valence-corrected chi connectivity index (χ3v) is 4.70. The molecule has 1 aliphatic carbocycles. The van der Waals surface area contributed by atoms with Crippen molar-refractivity contribution in [3.63, 3.8) is 0 Å². The Morgan fingerprint density at radius 3 is 2.46 bits per heavy atom. The van der Waals surface area contributed by atoms with E-state index < -0.39 is 0 Å². The molecule has 0 amide bonds. The van der Waals surface area contributed by atoms with Crippen LogP contribution in [-0.4, -0.2) is 39.4 Å². The number of aromatic nitrogens is 4. The number of nitrogen functional groups attached to an aromatic ring is 1. The Morgan fingerprint density at radius 1 is 1.19 bits per heavy atom. The van der Waals surface area contributed by atoms with Gasteiger partial charge in [-0.05, 0) is 39.2 Å². The van der Waals surface area contributed by atoms with Crippen LogP contribution in [0.4, 0.5) is 11.8 Å². The molecule has 7 nitrogen and oxygen atoms in total. The van der Waals surface area contributed by atoms with E-state index in [4.69, 9.17) is 11.5 Å². The van der Waals surface area contributed by atoms with E-state index in [1.54, 1.807) is 0 Å². The molecule has 0 saturated heterocycles. The fourth-order valence-corrected chi connectivity index (χ4v) is 3.25. The lowest BCUT2D eigenvalue weighted by Gasteiger charge is -2.32. The molecule has 2 aromatic rings. The molecule has 9 heteroatoms. The van der Waals surface area contributed by atoms with Crippen molar-refractivity contribution in [3.8, 4) is 0 Å². The summed E-state index contributed by atoms with van der Waals surface area (Å²) in [4.78, 5) is 10.9. The van der Waals surface area contributed by atoms with E-state index in [2.05, 4.69) is 43.7 Å². The molecule has 0 aliphatic heterocycles. The van der Waals surface area contributed by atoms with Gasteiger partial charge in [0.05, 0.1) is 11.4 Å². The molecule has 0 bridgehead atoms. The van der Waals surface area contributed by atoms with Crippen molar-refractivity contribution in [2.75, 3.05) is 24.2 Å². The molecule has 1 saturated carbocycles. The molecular formula is C17H29Cl2N7. The molecule has 1 aliphatic rings. The van der Waals surface area contributed by atoms with Crippen LogP contribution >= 0.6 is 24.8 Å². The second-order valence-electron chi connectivity index (χ2n) is 6.86. The Bertz CT molecular complexity index is 713. The van der Waals surface area contributed by atoms with Crippen LogP contribution in [0.2, 0.25) is 0 Å². The fraction of sp³-hybridized carbons (Fsp3) is 0.588. The summed E-state index contributed by atoms with van der Waals surface area (Å²) in [6.07, 6.45) is 2.96. The molecule has 26 heavy (non-hydrogen) atoms. The van der Waals surface area contributed by atoms with E-state index in [0.717, 1.165) is 49.6 Å². The maximum Gasteiger partial charge on any atom is 0.222 e. The normalized spacial score (nSPS) is 18.5. The smallest absolute Gasteiger partial charge is 0.222 e. The second kappa shape index (κ2) is 9.39. The molecule has 1 fully saturated rings. The Morgan fingerprint density at radius 2 is 1.88 bits per heavy atom. The van der Waals surface area contributed by atoms with Crippen LogP contribution in [0.1, 0.15) is 42.3 Å². The van der Waals surface area contributed by atoms with Gasteiger partial charge >= 0.3 is 0 Å². The zero-order valence-corrected chi connectivity index (χ0v) is 17.2. The van der Waals surface area contributed by atoms with Gasteiger partial charge in [-0.1, -0.05) is 0 Å². The first kappa shape index (κ1) is 22.5. The topological polar surface area (TPSA) is 98.9 Å². The van der Waals surface area contributed by atoms with Gasteiger partial charge in [-0.15, -0.1) is 24.8 Å². The lowest BCUT2D eigenvalue weighted by Crippen LogP contribution is -2.35. The van der Waals surface area contributed by atoms with Crippen LogP contribution in [0.3, 0.4) is 0 Å². The summed E-state index contributed by atoms with van der Waals surface area (Å²) in [7, 11) is 2.04. The minimum Gasteiger partial charge on any atom is -0.368 e. The highest BCUT2D eigenvalue weighted by Gasteiger charge is 2.29. The van der Waals surface area contributed by atoms with Gasteiger partial charge in [-0.25, -0.2) is 4.98 Å². The van der Waals surface area contributed by atoms with Gasteiger partial charge < -0.3 is 16.4 Å². The largest absolute Gasteiger partial charge is 0.368 e. The summed E-state index contributed by atoms with van der Waals surface area (Å²) in [6, 6.07) is 4.45. The van der Waals surface area contributed by atoms with Crippen molar-refractivity contribution >= 4 is 36.6 Å². The molecule has 2 aromatic heterocycles. The van der Waals surface area contributed by atoms with Crippen molar-refractivity contribution in [1.82, 2.24) is 19.7 Å². The molecular weight excluding hydrogens is 373 g/mol. The number of nitrogens with two attached hydrogens (primary N) is 2. The van der Waals surface area contributed by atoms with Gasteiger partial charge in [-0.3, -0.25) is 4.68 Å². The first-order valence-corrected chi connectivity index (χ1v) is 8.54. The van der Waals surface area contributed by atoms with Gasteiger partial charge in [0.1, 0.15) is 5.82 Å². The van der Waals surface area contributed by atoms with Gasteiger partial charge in [-0.2, -0.15) is 10.1 Å². The minimum atomic E-state index is 0. The summed E-state index contributed by atoms with van der Waals surface area (Å²) in [5.74, 6) is 1.65. The zero-order valence-electron chi connectivity index (χ0n) is 15.6. The number of anilines is 2. The van der Waals surface area contributed by atoms with Gasteiger partial charge in [0, 0.05) is 43.9 Å². The van der Waals surface area contributed by atoms with Crippen molar-refractivity contribution in [1.29, 1.82) is 0 Å². The summed E-state index contributed by atoms with van der Waals surface area (Å²) in [5.41, 5.74) is 15.1. The predicted molar refractivity (Wildman–Crippen MR) is 110 cm³/mol. The average Bonchev–Trinajstić information content (AvgIpc) is 2.81. The van der Waals surface area contributed by atoms with Gasteiger partial charge in [0.15, 0.2) is 0 Å². The molecule has 0 unspecified atom stereocenters. The molecule has 0 radical (unpaired) electrons. The van der Waals surface area contributed by atoms with Crippen LogP contribution in [0.15, 0.2) is 12.1 Å². The number of rotatable bonds is 6. The molecule has 0 atom stereocenters. The first-order chi connectivity index (χ1) is 11.4. The predicted octanol–water partition coefficient (Wildman–Crippen LogP) is 2.45. The van der Waals surface area contributed by atoms with Crippen LogP contribution in [0.25, 0.3) is 0 Å². The van der Waals surface area contributed by atoms with Crippen LogP contribution in [0, 0.1) is 13.8 Å². The second-order valence-corrected chi connectivity index (χ2v) is 6.86. The SMILES string of the molecule is Cc1cc(C)n(CCCN(C)c2cc(C3CC(N)C3)nc(N)n2)n1.Cl.Cl. The summed E-state index contributed by atoms with van der Waals surface area (Å²) >= 11 is 0. The average molecular weight is 402 g/mol. The highest BCUT2D eigenvalue weighted by atomic mass is 35.5. The molecule has 3 rings (SSSR count). The van der Waals surface area contributed by atoms with Crippen LogP contribution in [0.5, 0.6) is 0 Å². The van der Waals surface area contributed by atoms with Crippen molar-refractivity contribution < 1.29 is 0 Å². The number of aryl methyl sites for hydroxylation is 3. The quantitative estimate of drug-likeness (QED) is 0.770. The monoisotopic (exact) mass is 401 g/mol. The Kier molecular flexibility index (Phi) is 8.12. The van der Waals surface area contributed by atoms with E-state index in [0.29, 0.717) is 17.9 Å². The van der Waals surface area contributed by atoms with Crippen LogP contribution in [-0.2, 0) is 6.54 Å². The number of nitrogens with zero attached hydrogens (tertiary/aromatic N) is 5. The van der Waals surface area contributed by atoms with Gasteiger partial charge in [0.2, 0.25) is 5.95 Å².